The number of fused-ring (bicyclic) bond motifs is 1. The molecular formula is C11H14BrN3OS2. The van der Waals surface area contributed by atoms with Gasteiger partial charge in [-0.05, 0) is 47.6 Å². The van der Waals surface area contributed by atoms with Gasteiger partial charge in [0.15, 0.2) is 10.4 Å². The quantitative estimate of drug-likeness (QED) is 0.864. The molecule has 0 radical (unpaired) electrons. The second-order valence-electron chi connectivity index (χ2n) is 4.24. The lowest BCUT2D eigenvalue weighted by molar-refractivity contribution is 0.536. The first-order valence-corrected chi connectivity index (χ1v) is 8.47. The first-order chi connectivity index (χ1) is 8.49. The van der Waals surface area contributed by atoms with E-state index in [2.05, 4.69) is 32.8 Å². The molecule has 0 saturated heterocycles. The van der Waals surface area contributed by atoms with Crippen LogP contribution in [0.1, 0.15) is 19.4 Å². The Morgan fingerprint density at radius 2 is 2.39 bits per heavy atom. The Labute approximate surface area is 121 Å². The van der Waals surface area contributed by atoms with Gasteiger partial charge in [0.2, 0.25) is 0 Å². The number of rotatable bonds is 4. The number of imidazole rings is 1. The van der Waals surface area contributed by atoms with E-state index >= 15 is 0 Å². The molecular weight excluding hydrogens is 334 g/mol. The standard InChI is InChI=1S/C11H14BrN3OS2/c1-7(3-4-18(2)16)15-10-9(14-11(15)17)5-8(12)6-13-10/h5-7H,3-4H2,1-2H3,(H,14,17). The number of aromatic nitrogens is 3. The topological polar surface area (TPSA) is 50.7 Å². The van der Waals surface area contributed by atoms with Crippen LogP contribution >= 0.6 is 28.1 Å². The molecule has 18 heavy (non-hydrogen) atoms. The normalized spacial score (nSPS) is 14.8. The Morgan fingerprint density at radius 3 is 3.06 bits per heavy atom. The second-order valence-corrected chi connectivity index (χ2v) is 7.10. The summed E-state index contributed by atoms with van der Waals surface area (Å²) < 4.78 is 14.7. The van der Waals surface area contributed by atoms with Gasteiger partial charge < -0.3 is 4.98 Å². The number of H-pyrrole nitrogens is 1. The van der Waals surface area contributed by atoms with Gasteiger partial charge in [0, 0.05) is 39.5 Å². The first-order valence-electron chi connectivity index (χ1n) is 5.55. The van der Waals surface area contributed by atoms with Crippen LogP contribution in [0.5, 0.6) is 0 Å². The fraction of sp³-hybridized carbons (Fsp3) is 0.455. The van der Waals surface area contributed by atoms with E-state index in [-0.39, 0.29) is 6.04 Å². The van der Waals surface area contributed by atoms with Gasteiger partial charge in [-0.2, -0.15) is 0 Å². The van der Waals surface area contributed by atoms with Gasteiger partial charge in [0.05, 0.1) is 5.52 Å². The minimum atomic E-state index is -0.777. The number of aromatic amines is 1. The molecule has 1 N–H and O–H groups in total. The SMILES string of the molecule is CC(CCS(C)=O)n1c(=S)[nH]c2cc(Br)cnc21. The predicted molar refractivity (Wildman–Crippen MR) is 80.9 cm³/mol. The maximum absolute atomic E-state index is 11.2. The van der Waals surface area contributed by atoms with Crippen LogP contribution in [0.3, 0.4) is 0 Å². The van der Waals surface area contributed by atoms with E-state index in [0.29, 0.717) is 10.5 Å². The van der Waals surface area contributed by atoms with Crippen molar-refractivity contribution in [3.05, 3.63) is 21.5 Å². The van der Waals surface area contributed by atoms with Crippen molar-refractivity contribution in [1.82, 2.24) is 14.5 Å². The number of pyridine rings is 1. The summed E-state index contributed by atoms with van der Waals surface area (Å²) in [5.41, 5.74) is 1.76. The van der Waals surface area contributed by atoms with Gasteiger partial charge in [-0.15, -0.1) is 0 Å². The summed E-state index contributed by atoms with van der Waals surface area (Å²) in [7, 11) is -0.777. The molecule has 2 atom stereocenters. The third-order valence-corrected chi connectivity index (χ3v) is 4.33. The summed E-state index contributed by atoms with van der Waals surface area (Å²) in [6.07, 6.45) is 4.30. The number of hydrogen-bond donors (Lipinski definition) is 1. The summed E-state index contributed by atoms with van der Waals surface area (Å²) in [6.45, 7) is 2.07. The van der Waals surface area contributed by atoms with E-state index < -0.39 is 10.8 Å². The second kappa shape index (κ2) is 5.63. The van der Waals surface area contributed by atoms with E-state index in [4.69, 9.17) is 12.2 Å². The number of nitrogens with one attached hydrogen (secondary N) is 1. The van der Waals surface area contributed by atoms with Crippen LogP contribution in [0.25, 0.3) is 11.2 Å². The molecule has 2 unspecified atom stereocenters. The molecule has 0 bridgehead atoms. The average molecular weight is 348 g/mol. The zero-order valence-electron chi connectivity index (χ0n) is 10.1. The van der Waals surface area contributed by atoms with Crippen molar-refractivity contribution in [2.45, 2.75) is 19.4 Å². The lowest BCUT2D eigenvalue weighted by Crippen LogP contribution is -2.09. The van der Waals surface area contributed by atoms with Gasteiger partial charge in [0.1, 0.15) is 0 Å². The molecule has 4 nitrogen and oxygen atoms in total. The van der Waals surface area contributed by atoms with Crippen LogP contribution in [0.15, 0.2) is 16.7 Å². The van der Waals surface area contributed by atoms with Crippen molar-refractivity contribution in [3.8, 4) is 0 Å². The van der Waals surface area contributed by atoms with Crippen molar-refractivity contribution >= 4 is 50.1 Å². The van der Waals surface area contributed by atoms with E-state index in [9.17, 15) is 4.21 Å². The van der Waals surface area contributed by atoms with E-state index in [0.717, 1.165) is 22.1 Å². The van der Waals surface area contributed by atoms with Crippen molar-refractivity contribution in [2.24, 2.45) is 0 Å². The minimum absolute atomic E-state index is 0.184. The molecule has 0 amide bonds. The maximum atomic E-state index is 11.2. The Bertz CT molecular complexity index is 649. The van der Waals surface area contributed by atoms with Gasteiger partial charge in [-0.3, -0.25) is 8.78 Å². The summed E-state index contributed by atoms with van der Waals surface area (Å²) in [5, 5.41) is 0. The largest absolute Gasteiger partial charge is 0.329 e. The Hall–Kier alpha value is -0.530. The molecule has 2 aromatic heterocycles. The molecule has 0 aliphatic carbocycles. The molecule has 98 valence electrons. The lowest BCUT2D eigenvalue weighted by Gasteiger charge is -2.13. The Morgan fingerprint density at radius 1 is 1.67 bits per heavy atom. The van der Waals surface area contributed by atoms with E-state index in [1.165, 1.54) is 0 Å². The lowest BCUT2D eigenvalue weighted by atomic mass is 10.2. The maximum Gasteiger partial charge on any atom is 0.179 e. The van der Waals surface area contributed by atoms with Crippen LogP contribution in [-0.4, -0.2) is 30.8 Å². The van der Waals surface area contributed by atoms with Crippen LogP contribution in [-0.2, 0) is 10.8 Å². The third-order valence-electron chi connectivity index (χ3n) is 2.79. The summed E-state index contributed by atoms with van der Waals surface area (Å²) in [5.74, 6) is 0.673. The van der Waals surface area contributed by atoms with Crippen molar-refractivity contribution < 1.29 is 4.21 Å². The summed E-state index contributed by atoms with van der Waals surface area (Å²) in [4.78, 5) is 7.54. The monoisotopic (exact) mass is 347 g/mol. The van der Waals surface area contributed by atoms with Crippen LogP contribution in [0.4, 0.5) is 0 Å². The third kappa shape index (κ3) is 2.89. The molecule has 0 aromatic carbocycles. The molecule has 2 aromatic rings. The van der Waals surface area contributed by atoms with Gasteiger partial charge in [-0.1, -0.05) is 0 Å². The Balaban J connectivity index is 2.41. The van der Waals surface area contributed by atoms with Crippen LogP contribution in [0, 0.1) is 4.77 Å². The summed E-state index contributed by atoms with van der Waals surface area (Å²) in [6, 6.07) is 2.14. The molecule has 0 saturated carbocycles. The van der Waals surface area contributed by atoms with Gasteiger partial charge >= 0.3 is 0 Å². The molecule has 2 heterocycles. The first kappa shape index (κ1) is 13.9. The zero-order valence-corrected chi connectivity index (χ0v) is 13.4. The number of nitrogens with zero attached hydrogens (tertiary/aromatic N) is 2. The fourth-order valence-electron chi connectivity index (χ4n) is 1.86. The number of halogens is 1. The molecule has 2 rings (SSSR count). The molecule has 0 spiro atoms. The van der Waals surface area contributed by atoms with Crippen molar-refractivity contribution in [3.63, 3.8) is 0 Å². The molecule has 0 fully saturated rings. The van der Waals surface area contributed by atoms with Crippen molar-refractivity contribution in [2.75, 3.05) is 12.0 Å². The highest BCUT2D eigenvalue weighted by Crippen LogP contribution is 2.22. The summed E-state index contributed by atoms with van der Waals surface area (Å²) >= 11 is 8.72. The molecule has 7 heteroatoms. The minimum Gasteiger partial charge on any atom is -0.329 e. The zero-order chi connectivity index (χ0) is 13.3. The van der Waals surface area contributed by atoms with Gasteiger partial charge in [-0.25, -0.2) is 4.98 Å². The van der Waals surface area contributed by atoms with Crippen molar-refractivity contribution in [1.29, 1.82) is 0 Å². The van der Waals surface area contributed by atoms with E-state index in [1.54, 1.807) is 12.5 Å². The predicted octanol–water partition coefficient (Wildman–Crippen LogP) is 3.19. The highest BCUT2D eigenvalue weighted by atomic mass is 79.9. The average Bonchev–Trinajstić information content (AvgIpc) is 2.61. The van der Waals surface area contributed by atoms with E-state index in [1.807, 2.05) is 10.6 Å². The highest BCUT2D eigenvalue weighted by molar-refractivity contribution is 9.10. The smallest absolute Gasteiger partial charge is 0.179 e. The molecule has 0 aliphatic heterocycles. The van der Waals surface area contributed by atoms with Gasteiger partial charge in [0.25, 0.3) is 0 Å². The number of hydrogen-bond acceptors (Lipinski definition) is 3. The highest BCUT2D eigenvalue weighted by Gasteiger charge is 2.12. The molecule has 0 aliphatic rings. The van der Waals surface area contributed by atoms with Crippen LogP contribution < -0.4 is 0 Å². The van der Waals surface area contributed by atoms with Crippen LogP contribution in [0.2, 0.25) is 0 Å². The fourth-order valence-corrected chi connectivity index (χ4v) is 3.24. The Kier molecular flexibility index (Phi) is 4.34.